The number of methoxy groups -OCH3 is 1. The zero-order valence-corrected chi connectivity index (χ0v) is 9.64. The topological polar surface area (TPSA) is 72.8 Å². The van der Waals surface area contributed by atoms with Gasteiger partial charge in [-0.3, -0.25) is 4.99 Å². The van der Waals surface area contributed by atoms with Crippen LogP contribution in [-0.4, -0.2) is 26.1 Å². The Labute approximate surface area is 99.2 Å². The number of rotatable bonds is 4. The monoisotopic (exact) mass is 233 g/mol. The standard InChI is InChI=1S/C12H15N3O2/c1-16-7-6-14-12(15-13)11-8-9-4-2-3-5-10(9)17-11/h2-5,8H,6-7,13H2,1H3,(H,14,15). The number of hydrogen-bond acceptors (Lipinski definition) is 4. The molecule has 1 aromatic heterocycles. The number of benzene rings is 1. The van der Waals surface area contributed by atoms with Gasteiger partial charge in [-0.1, -0.05) is 18.2 Å². The number of aliphatic imine (C=N–C) groups is 1. The van der Waals surface area contributed by atoms with Gasteiger partial charge in [0.25, 0.3) is 0 Å². The molecule has 0 atom stereocenters. The predicted octanol–water partition coefficient (Wildman–Crippen LogP) is 1.29. The van der Waals surface area contributed by atoms with Crippen LogP contribution in [0.15, 0.2) is 39.7 Å². The van der Waals surface area contributed by atoms with Crippen LogP contribution in [0.3, 0.4) is 0 Å². The van der Waals surface area contributed by atoms with Gasteiger partial charge in [0.2, 0.25) is 0 Å². The van der Waals surface area contributed by atoms with Crippen molar-refractivity contribution < 1.29 is 9.15 Å². The summed E-state index contributed by atoms with van der Waals surface area (Å²) in [5, 5.41) is 1.03. The Morgan fingerprint density at radius 1 is 1.47 bits per heavy atom. The third kappa shape index (κ3) is 2.64. The first-order valence-corrected chi connectivity index (χ1v) is 5.34. The van der Waals surface area contributed by atoms with E-state index in [0.29, 0.717) is 24.7 Å². The molecule has 0 aliphatic carbocycles. The fourth-order valence-corrected chi connectivity index (χ4v) is 1.54. The van der Waals surface area contributed by atoms with Crippen molar-refractivity contribution in [3.8, 4) is 0 Å². The van der Waals surface area contributed by atoms with Crippen LogP contribution in [0.5, 0.6) is 0 Å². The van der Waals surface area contributed by atoms with E-state index in [4.69, 9.17) is 15.0 Å². The molecule has 0 radical (unpaired) electrons. The molecular weight excluding hydrogens is 218 g/mol. The lowest BCUT2D eigenvalue weighted by Crippen LogP contribution is -2.31. The van der Waals surface area contributed by atoms with Crippen LogP contribution in [0.2, 0.25) is 0 Å². The zero-order valence-electron chi connectivity index (χ0n) is 9.64. The van der Waals surface area contributed by atoms with E-state index in [1.54, 1.807) is 7.11 Å². The average Bonchev–Trinajstić information content (AvgIpc) is 2.78. The smallest absolute Gasteiger partial charge is 0.179 e. The Bertz CT molecular complexity index is 486. The number of nitrogens with two attached hydrogens (primary N) is 1. The highest BCUT2D eigenvalue weighted by Crippen LogP contribution is 2.18. The predicted molar refractivity (Wildman–Crippen MR) is 66.8 cm³/mol. The maximum Gasteiger partial charge on any atom is 0.179 e. The molecule has 3 N–H and O–H groups in total. The van der Waals surface area contributed by atoms with E-state index in [-0.39, 0.29) is 0 Å². The molecule has 0 spiro atoms. The van der Waals surface area contributed by atoms with Gasteiger partial charge in [0.15, 0.2) is 11.6 Å². The normalized spacial score (nSPS) is 12.0. The third-order valence-corrected chi connectivity index (χ3v) is 2.36. The molecule has 5 nitrogen and oxygen atoms in total. The average molecular weight is 233 g/mol. The SMILES string of the molecule is COCCN=C(NN)c1cc2ccccc2o1. The van der Waals surface area contributed by atoms with Gasteiger partial charge in [-0.25, -0.2) is 5.84 Å². The molecule has 0 fully saturated rings. The van der Waals surface area contributed by atoms with Crippen molar-refractivity contribution in [3.63, 3.8) is 0 Å². The molecule has 0 amide bonds. The van der Waals surface area contributed by atoms with Crippen molar-refractivity contribution in [2.24, 2.45) is 10.8 Å². The van der Waals surface area contributed by atoms with Crippen LogP contribution >= 0.6 is 0 Å². The second-order valence-corrected chi connectivity index (χ2v) is 3.52. The van der Waals surface area contributed by atoms with Crippen LogP contribution in [0.25, 0.3) is 11.0 Å². The Hall–Kier alpha value is -1.85. The Balaban J connectivity index is 2.27. The second kappa shape index (κ2) is 5.47. The molecule has 2 rings (SSSR count). The van der Waals surface area contributed by atoms with Crippen LogP contribution in [0.4, 0.5) is 0 Å². The molecule has 5 heteroatoms. The van der Waals surface area contributed by atoms with E-state index >= 15 is 0 Å². The summed E-state index contributed by atoms with van der Waals surface area (Å²) in [6.07, 6.45) is 0. The summed E-state index contributed by atoms with van der Waals surface area (Å²) in [6.45, 7) is 1.08. The first-order chi connectivity index (χ1) is 8.35. The highest BCUT2D eigenvalue weighted by atomic mass is 16.5. The van der Waals surface area contributed by atoms with E-state index < -0.39 is 0 Å². The van der Waals surface area contributed by atoms with Gasteiger partial charge in [0.1, 0.15) is 5.58 Å². The lowest BCUT2D eigenvalue weighted by Gasteiger charge is -2.01. The van der Waals surface area contributed by atoms with Gasteiger partial charge >= 0.3 is 0 Å². The molecule has 0 unspecified atom stereocenters. The molecule has 2 aromatic rings. The molecule has 0 aliphatic heterocycles. The number of hydrazine groups is 1. The van der Waals surface area contributed by atoms with Crippen molar-refractivity contribution in [2.45, 2.75) is 0 Å². The van der Waals surface area contributed by atoms with Gasteiger partial charge in [0.05, 0.1) is 13.2 Å². The van der Waals surface area contributed by atoms with Crippen LogP contribution in [0.1, 0.15) is 5.76 Å². The number of hydrogen-bond donors (Lipinski definition) is 2. The minimum absolute atomic E-state index is 0.526. The van der Waals surface area contributed by atoms with Crippen LogP contribution in [-0.2, 0) is 4.74 Å². The summed E-state index contributed by atoms with van der Waals surface area (Å²) < 4.78 is 10.6. The van der Waals surface area contributed by atoms with E-state index in [1.165, 1.54) is 0 Å². The lowest BCUT2D eigenvalue weighted by atomic mass is 10.2. The third-order valence-electron chi connectivity index (χ3n) is 2.36. The number of para-hydroxylation sites is 1. The maximum atomic E-state index is 5.64. The minimum atomic E-state index is 0.526. The quantitative estimate of drug-likeness (QED) is 0.274. The van der Waals surface area contributed by atoms with Crippen LogP contribution < -0.4 is 11.3 Å². The molecule has 1 aromatic carbocycles. The Morgan fingerprint density at radius 3 is 3.00 bits per heavy atom. The van der Waals surface area contributed by atoms with Gasteiger partial charge in [0, 0.05) is 12.5 Å². The summed E-state index contributed by atoms with van der Waals surface area (Å²) in [7, 11) is 1.63. The lowest BCUT2D eigenvalue weighted by molar-refractivity contribution is 0.208. The fraction of sp³-hybridized carbons (Fsp3) is 0.250. The summed E-state index contributed by atoms with van der Waals surface area (Å²) in [6, 6.07) is 9.67. The number of ether oxygens (including phenoxy) is 1. The number of nitrogens with zero attached hydrogens (tertiary/aromatic N) is 1. The number of furan rings is 1. The molecule has 0 saturated heterocycles. The van der Waals surface area contributed by atoms with E-state index in [2.05, 4.69) is 10.4 Å². The van der Waals surface area contributed by atoms with Crippen molar-refractivity contribution >= 4 is 16.8 Å². The molecular formula is C12H15N3O2. The Kier molecular flexibility index (Phi) is 3.74. The van der Waals surface area contributed by atoms with Gasteiger partial charge in [-0.05, 0) is 12.1 Å². The summed E-state index contributed by atoms with van der Waals surface area (Å²) in [5.41, 5.74) is 3.36. The van der Waals surface area contributed by atoms with Crippen molar-refractivity contribution in [1.29, 1.82) is 0 Å². The number of amidine groups is 1. The Morgan fingerprint density at radius 2 is 2.29 bits per heavy atom. The molecule has 17 heavy (non-hydrogen) atoms. The first kappa shape index (κ1) is 11.6. The van der Waals surface area contributed by atoms with Crippen LogP contribution in [0, 0.1) is 0 Å². The zero-order chi connectivity index (χ0) is 12.1. The number of fused-ring (bicyclic) bond motifs is 1. The van der Waals surface area contributed by atoms with Crippen molar-refractivity contribution in [2.75, 3.05) is 20.3 Å². The highest BCUT2D eigenvalue weighted by Gasteiger charge is 2.08. The molecule has 90 valence electrons. The minimum Gasteiger partial charge on any atom is -0.453 e. The van der Waals surface area contributed by atoms with Crippen molar-refractivity contribution in [3.05, 3.63) is 36.1 Å². The van der Waals surface area contributed by atoms with Crippen molar-refractivity contribution in [1.82, 2.24) is 5.43 Å². The molecule has 0 saturated carbocycles. The van der Waals surface area contributed by atoms with E-state index in [1.807, 2.05) is 30.3 Å². The van der Waals surface area contributed by atoms with Gasteiger partial charge in [-0.15, -0.1) is 0 Å². The maximum absolute atomic E-state index is 5.64. The second-order valence-electron chi connectivity index (χ2n) is 3.52. The summed E-state index contributed by atoms with van der Waals surface area (Å²) in [5.74, 6) is 6.58. The number of nitrogens with one attached hydrogen (secondary N) is 1. The summed E-state index contributed by atoms with van der Waals surface area (Å²) in [4.78, 5) is 4.26. The first-order valence-electron chi connectivity index (χ1n) is 5.34. The fourth-order valence-electron chi connectivity index (χ4n) is 1.54. The molecule has 1 heterocycles. The molecule has 0 bridgehead atoms. The largest absolute Gasteiger partial charge is 0.453 e. The van der Waals surface area contributed by atoms with Gasteiger partial charge in [-0.2, -0.15) is 0 Å². The van der Waals surface area contributed by atoms with E-state index in [9.17, 15) is 0 Å². The molecule has 0 aliphatic rings. The van der Waals surface area contributed by atoms with E-state index in [0.717, 1.165) is 11.0 Å². The highest BCUT2D eigenvalue weighted by molar-refractivity contribution is 5.99. The summed E-state index contributed by atoms with van der Waals surface area (Å²) >= 11 is 0. The van der Waals surface area contributed by atoms with Gasteiger partial charge < -0.3 is 14.6 Å².